The van der Waals surface area contributed by atoms with Crippen LogP contribution in [0, 0.1) is 0 Å². The summed E-state index contributed by atoms with van der Waals surface area (Å²) in [4.78, 5) is 33.3. The highest BCUT2D eigenvalue weighted by molar-refractivity contribution is 5.98. The summed E-state index contributed by atoms with van der Waals surface area (Å²) < 4.78 is 2.17. The van der Waals surface area contributed by atoms with Gasteiger partial charge in [0.1, 0.15) is 17.2 Å². The number of anilines is 3. The number of hydrogen-bond donors (Lipinski definition) is 1. The number of pyridine rings is 1. The van der Waals surface area contributed by atoms with Crippen molar-refractivity contribution in [1.82, 2.24) is 29.3 Å². The zero-order valence-corrected chi connectivity index (χ0v) is 20.6. The summed E-state index contributed by atoms with van der Waals surface area (Å²) in [6, 6.07) is 6.00. The Kier molecular flexibility index (Phi) is 5.89. The molecule has 1 saturated carbocycles. The lowest BCUT2D eigenvalue weighted by atomic mass is 9.74. The van der Waals surface area contributed by atoms with Crippen molar-refractivity contribution in [2.75, 3.05) is 57.5 Å². The predicted octanol–water partition coefficient (Wildman–Crippen LogP) is 3.31. The lowest BCUT2D eigenvalue weighted by molar-refractivity contribution is 0.0780. The molecule has 1 amide bonds. The Hall–Kier alpha value is -3.20. The fraction of sp³-hybridized carbons (Fsp3) is 0.520. The first kappa shape index (κ1) is 22.6. The molecule has 4 heterocycles. The van der Waals surface area contributed by atoms with E-state index in [9.17, 15) is 4.79 Å². The standard InChI is InChI=1S/C25H34N8O/c1-5-25(9-6-10-25)33-20(23(34)30(2)3)15-18-16-27-24(29-22(18)33)28-21-8-7-19(17-26-21)32-13-11-31(4)12-14-32/h7-8,15-17H,5-6,9-14H2,1-4H3,(H,26,27,28,29). The van der Waals surface area contributed by atoms with E-state index >= 15 is 0 Å². The molecule has 1 aliphatic heterocycles. The zero-order chi connectivity index (χ0) is 23.9. The van der Waals surface area contributed by atoms with Crippen LogP contribution in [0.15, 0.2) is 30.6 Å². The number of fused-ring (bicyclic) bond motifs is 1. The SMILES string of the molecule is CCC1(n2c(C(=O)N(C)C)cc3cnc(Nc4ccc(N5CCN(C)CC5)cn4)nc32)CCC1. The van der Waals surface area contributed by atoms with Crippen molar-refractivity contribution >= 4 is 34.4 Å². The number of nitrogens with zero attached hydrogens (tertiary/aromatic N) is 7. The molecule has 0 bridgehead atoms. The van der Waals surface area contributed by atoms with Crippen LogP contribution in [-0.2, 0) is 5.54 Å². The highest BCUT2D eigenvalue weighted by Gasteiger charge is 2.41. The predicted molar refractivity (Wildman–Crippen MR) is 135 cm³/mol. The van der Waals surface area contributed by atoms with Gasteiger partial charge in [-0.25, -0.2) is 9.97 Å². The first-order valence-electron chi connectivity index (χ1n) is 12.2. The number of aromatic nitrogens is 4. The molecule has 3 aromatic heterocycles. The molecule has 5 rings (SSSR count). The van der Waals surface area contributed by atoms with Gasteiger partial charge < -0.3 is 24.6 Å². The first-order chi connectivity index (χ1) is 16.4. The third-order valence-corrected chi connectivity index (χ3v) is 7.44. The molecule has 1 saturated heterocycles. The van der Waals surface area contributed by atoms with Crippen LogP contribution in [0.4, 0.5) is 17.5 Å². The normalized spacial score (nSPS) is 18.1. The van der Waals surface area contributed by atoms with E-state index in [2.05, 4.69) is 49.7 Å². The number of piperazine rings is 1. The van der Waals surface area contributed by atoms with E-state index in [1.165, 1.54) is 6.42 Å². The molecular formula is C25H34N8O. The summed E-state index contributed by atoms with van der Waals surface area (Å²) >= 11 is 0. The number of hydrogen-bond acceptors (Lipinski definition) is 7. The van der Waals surface area contributed by atoms with Gasteiger partial charge in [-0.15, -0.1) is 0 Å². The molecule has 0 atom stereocenters. The summed E-state index contributed by atoms with van der Waals surface area (Å²) in [5.74, 6) is 1.18. The van der Waals surface area contributed by atoms with Crippen LogP contribution in [0.5, 0.6) is 0 Å². The Morgan fingerprint density at radius 1 is 1.12 bits per heavy atom. The monoisotopic (exact) mass is 462 g/mol. The van der Waals surface area contributed by atoms with Crippen LogP contribution in [0.1, 0.15) is 43.1 Å². The van der Waals surface area contributed by atoms with Crippen LogP contribution in [-0.4, -0.2) is 82.5 Å². The van der Waals surface area contributed by atoms with Crippen LogP contribution < -0.4 is 10.2 Å². The Labute approximate surface area is 200 Å². The molecular weight excluding hydrogens is 428 g/mol. The molecule has 2 fully saturated rings. The van der Waals surface area contributed by atoms with E-state index < -0.39 is 0 Å². The van der Waals surface area contributed by atoms with E-state index in [-0.39, 0.29) is 11.4 Å². The minimum Gasteiger partial charge on any atom is -0.368 e. The number of nitrogens with one attached hydrogen (secondary N) is 1. The maximum Gasteiger partial charge on any atom is 0.270 e. The number of carbonyl (C=O) groups excluding carboxylic acids is 1. The van der Waals surface area contributed by atoms with Gasteiger partial charge >= 0.3 is 0 Å². The van der Waals surface area contributed by atoms with E-state index in [1.807, 2.05) is 18.3 Å². The van der Waals surface area contributed by atoms with Gasteiger partial charge in [0.2, 0.25) is 5.95 Å². The molecule has 1 aliphatic carbocycles. The van der Waals surface area contributed by atoms with Crippen LogP contribution >= 0.6 is 0 Å². The van der Waals surface area contributed by atoms with Gasteiger partial charge in [0, 0.05) is 57.4 Å². The largest absolute Gasteiger partial charge is 0.368 e. The molecule has 9 heteroatoms. The minimum atomic E-state index is -0.0587. The van der Waals surface area contributed by atoms with E-state index in [4.69, 9.17) is 4.98 Å². The van der Waals surface area contributed by atoms with Crippen molar-refractivity contribution in [1.29, 1.82) is 0 Å². The minimum absolute atomic E-state index is 0.00611. The van der Waals surface area contributed by atoms with E-state index in [0.717, 1.165) is 62.2 Å². The Bertz CT molecular complexity index is 1170. The fourth-order valence-electron chi connectivity index (χ4n) is 5.06. The van der Waals surface area contributed by atoms with Crippen molar-refractivity contribution < 1.29 is 4.79 Å². The Morgan fingerprint density at radius 3 is 2.47 bits per heavy atom. The Balaban J connectivity index is 1.44. The Morgan fingerprint density at radius 2 is 1.88 bits per heavy atom. The molecule has 0 aromatic carbocycles. The summed E-state index contributed by atoms with van der Waals surface area (Å²) in [6.45, 7) is 6.33. The fourth-order valence-corrected chi connectivity index (χ4v) is 5.06. The topological polar surface area (TPSA) is 82.4 Å². The smallest absolute Gasteiger partial charge is 0.270 e. The number of likely N-dealkylation sites (N-methyl/N-ethyl adjacent to an activating group) is 1. The van der Waals surface area contributed by atoms with Crippen molar-refractivity contribution in [2.45, 2.75) is 38.1 Å². The van der Waals surface area contributed by atoms with Crippen molar-refractivity contribution in [3.63, 3.8) is 0 Å². The second kappa shape index (κ2) is 8.87. The second-order valence-corrected chi connectivity index (χ2v) is 9.79. The van der Waals surface area contributed by atoms with Crippen molar-refractivity contribution in [3.05, 3.63) is 36.3 Å². The summed E-state index contributed by atoms with van der Waals surface area (Å²) in [7, 11) is 5.74. The van der Waals surface area contributed by atoms with Crippen molar-refractivity contribution in [3.8, 4) is 0 Å². The van der Waals surface area contributed by atoms with Crippen LogP contribution in [0.3, 0.4) is 0 Å². The lowest BCUT2D eigenvalue weighted by Gasteiger charge is -2.44. The summed E-state index contributed by atoms with van der Waals surface area (Å²) in [6.07, 6.45) is 7.96. The maximum atomic E-state index is 13.0. The van der Waals surface area contributed by atoms with Gasteiger partial charge in [-0.3, -0.25) is 4.79 Å². The van der Waals surface area contributed by atoms with Gasteiger partial charge in [0.25, 0.3) is 5.91 Å². The van der Waals surface area contributed by atoms with Gasteiger partial charge in [-0.05, 0) is 50.9 Å². The van der Waals surface area contributed by atoms with Crippen molar-refractivity contribution in [2.24, 2.45) is 0 Å². The van der Waals surface area contributed by atoms with Crippen LogP contribution in [0.2, 0.25) is 0 Å². The van der Waals surface area contributed by atoms with E-state index in [0.29, 0.717) is 17.5 Å². The number of amides is 1. The summed E-state index contributed by atoms with van der Waals surface area (Å²) in [5.41, 5.74) is 2.56. The van der Waals surface area contributed by atoms with Gasteiger partial charge in [-0.1, -0.05) is 6.92 Å². The lowest BCUT2D eigenvalue weighted by Crippen LogP contribution is -2.44. The third kappa shape index (κ3) is 3.98. The second-order valence-electron chi connectivity index (χ2n) is 9.79. The molecule has 0 radical (unpaired) electrons. The molecule has 1 N–H and O–H groups in total. The van der Waals surface area contributed by atoms with Gasteiger partial charge in [0.05, 0.1) is 11.9 Å². The average molecular weight is 463 g/mol. The molecule has 0 spiro atoms. The van der Waals surface area contributed by atoms with Crippen LogP contribution in [0.25, 0.3) is 11.0 Å². The number of rotatable bonds is 6. The molecule has 34 heavy (non-hydrogen) atoms. The summed E-state index contributed by atoms with van der Waals surface area (Å²) in [5, 5.41) is 4.14. The van der Waals surface area contributed by atoms with Gasteiger partial charge in [-0.2, -0.15) is 4.98 Å². The maximum absolute atomic E-state index is 13.0. The van der Waals surface area contributed by atoms with E-state index in [1.54, 1.807) is 25.2 Å². The average Bonchev–Trinajstić information content (AvgIpc) is 3.18. The molecule has 0 unspecified atom stereocenters. The molecule has 9 nitrogen and oxygen atoms in total. The molecule has 3 aromatic rings. The molecule has 2 aliphatic rings. The molecule has 180 valence electrons. The highest BCUT2D eigenvalue weighted by Crippen LogP contribution is 2.45. The zero-order valence-electron chi connectivity index (χ0n) is 20.6. The van der Waals surface area contributed by atoms with Gasteiger partial charge in [0.15, 0.2) is 0 Å². The first-order valence-corrected chi connectivity index (χ1v) is 12.2. The number of carbonyl (C=O) groups is 1. The third-order valence-electron chi connectivity index (χ3n) is 7.44. The quantitative estimate of drug-likeness (QED) is 0.602. The highest BCUT2D eigenvalue weighted by atomic mass is 16.2.